The van der Waals surface area contributed by atoms with Crippen molar-refractivity contribution in [2.24, 2.45) is 5.92 Å². The van der Waals surface area contributed by atoms with Gasteiger partial charge in [-0.2, -0.15) is 0 Å². The second-order valence-electron chi connectivity index (χ2n) is 4.14. The molecule has 1 rings (SSSR count). The van der Waals surface area contributed by atoms with Crippen LogP contribution in [0.5, 0.6) is 0 Å². The maximum Gasteiger partial charge on any atom is 0.0621 e. The van der Waals surface area contributed by atoms with Crippen LogP contribution >= 0.6 is 11.6 Å². The summed E-state index contributed by atoms with van der Waals surface area (Å²) < 4.78 is 5.00. The number of nitrogens with one attached hydrogen (secondary N) is 1. The Morgan fingerprint density at radius 3 is 3.00 bits per heavy atom. The first kappa shape index (κ1) is 14.4. The summed E-state index contributed by atoms with van der Waals surface area (Å²) in [6.45, 7) is 4.86. The van der Waals surface area contributed by atoms with E-state index in [1.165, 1.54) is 5.56 Å². The van der Waals surface area contributed by atoms with Crippen molar-refractivity contribution in [3.05, 3.63) is 29.0 Å². The average Bonchev–Trinajstić information content (AvgIpc) is 2.35. The molecule has 3 nitrogen and oxygen atoms in total. The number of rotatable bonds is 8. The first-order valence-electron chi connectivity index (χ1n) is 6.06. The fourth-order valence-corrected chi connectivity index (χ4v) is 1.92. The first-order valence-corrected chi connectivity index (χ1v) is 6.43. The molecule has 0 aliphatic heterocycles. The molecule has 0 saturated heterocycles. The van der Waals surface area contributed by atoms with Gasteiger partial charge in [-0.05, 0) is 30.5 Å². The zero-order valence-corrected chi connectivity index (χ0v) is 11.3. The number of methoxy groups -OCH3 is 1. The summed E-state index contributed by atoms with van der Waals surface area (Å²) in [5, 5.41) is 4.16. The molecule has 0 aromatic carbocycles. The van der Waals surface area contributed by atoms with Gasteiger partial charge in [0, 0.05) is 26.0 Å². The van der Waals surface area contributed by atoms with E-state index in [4.69, 9.17) is 16.3 Å². The number of aromatic nitrogens is 1. The molecule has 0 aliphatic carbocycles. The molecule has 0 radical (unpaired) electrons. The van der Waals surface area contributed by atoms with Crippen LogP contribution in [0.2, 0.25) is 5.02 Å². The second kappa shape index (κ2) is 8.45. The fourth-order valence-electron chi connectivity index (χ4n) is 1.72. The van der Waals surface area contributed by atoms with Gasteiger partial charge in [0.1, 0.15) is 0 Å². The quantitative estimate of drug-likeness (QED) is 0.726. The van der Waals surface area contributed by atoms with Crippen LogP contribution < -0.4 is 5.32 Å². The Morgan fingerprint density at radius 1 is 1.53 bits per heavy atom. The molecule has 0 fully saturated rings. The molecule has 1 atom stereocenters. The van der Waals surface area contributed by atoms with E-state index in [2.05, 4.69) is 17.2 Å². The Hall–Kier alpha value is -0.640. The molecule has 1 unspecified atom stereocenters. The highest BCUT2D eigenvalue weighted by molar-refractivity contribution is 6.31. The summed E-state index contributed by atoms with van der Waals surface area (Å²) in [6.07, 6.45) is 5.64. The Morgan fingerprint density at radius 2 is 2.35 bits per heavy atom. The lowest BCUT2D eigenvalue weighted by atomic mass is 9.97. The molecule has 0 aliphatic rings. The van der Waals surface area contributed by atoms with Gasteiger partial charge in [0.05, 0.1) is 11.6 Å². The topological polar surface area (TPSA) is 34.1 Å². The van der Waals surface area contributed by atoms with Crippen molar-refractivity contribution in [3.63, 3.8) is 0 Å². The van der Waals surface area contributed by atoms with Gasteiger partial charge < -0.3 is 10.1 Å². The lowest BCUT2D eigenvalue weighted by Gasteiger charge is -2.16. The number of hydrogen-bond acceptors (Lipinski definition) is 3. The number of hydrogen-bond donors (Lipinski definition) is 1. The van der Waals surface area contributed by atoms with Crippen LogP contribution in [0, 0.1) is 5.92 Å². The smallest absolute Gasteiger partial charge is 0.0621 e. The lowest BCUT2D eigenvalue weighted by Crippen LogP contribution is -2.27. The molecule has 0 amide bonds. The second-order valence-corrected chi connectivity index (χ2v) is 4.55. The third kappa shape index (κ3) is 5.48. The molecular formula is C13H21ClN2O. The van der Waals surface area contributed by atoms with Gasteiger partial charge >= 0.3 is 0 Å². The van der Waals surface area contributed by atoms with Crippen LogP contribution in [0.4, 0.5) is 0 Å². The first-order chi connectivity index (χ1) is 8.27. The van der Waals surface area contributed by atoms with E-state index < -0.39 is 0 Å². The minimum absolute atomic E-state index is 0.603. The van der Waals surface area contributed by atoms with Crippen LogP contribution in [-0.2, 0) is 11.2 Å². The lowest BCUT2D eigenvalue weighted by molar-refractivity contribution is 0.197. The Balaban J connectivity index is 2.38. The minimum atomic E-state index is 0.603. The third-order valence-electron chi connectivity index (χ3n) is 2.86. The largest absolute Gasteiger partial charge is 0.383 e. The SMILES string of the molecule is CCC(CNCCOC)Cc1ccncc1Cl. The summed E-state index contributed by atoms with van der Waals surface area (Å²) in [6, 6.07) is 2.00. The third-order valence-corrected chi connectivity index (χ3v) is 3.20. The van der Waals surface area contributed by atoms with Gasteiger partial charge in [-0.1, -0.05) is 24.9 Å². The number of ether oxygens (including phenoxy) is 1. The average molecular weight is 257 g/mol. The zero-order valence-electron chi connectivity index (χ0n) is 10.6. The van der Waals surface area contributed by atoms with Crippen LogP contribution in [-0.4, -0.2) is 31.8 Å². The van der Waals surface area contributed by atoms with Crippen LogP contribution in [0.15, 0.2) is 18.5 Å². The van der Waals surface area contributed by atoms with Crippen molar-refractivity contribution in [3.8, 4) is 0 Å². The minimum Gasteiger partial charge on any atom is -0.383 e. The highest BCUT2D eigenvalue weighted by Crippen LogP contribution is 2.18. The van der Waals surface area contributed by atoms with Gasteiger partial charge in [0.15, 0.2) is 0 Å². The van der Waals surface area contributed by atoms with Crippen molar-refractivity contribution in [1.82, 2.24) is 10.3 Å². The van der Waals surface area contributed by atoms with Crippen LogP contribution in [0.25, 0.3) is 0 Å². The van der Waals surface area contributed by atoms with Crippen molar-refractivity contribution in [2.45, 2.75) is 19.8 Å². The van der Waals surface area contributed by atoms with E-state index in [0.29, 0.717) is 5.92 Å². The molecule has 0 bridgehead atoms. The molecule has 96 valence electrons. The van der Waals surface area contributed by atoms with Gasteiger partial charge in [0.2, 0.25) is 0 Å². The van der Waals surface area contributed by atoms with Gasteiger partial charge in [-0.3, -0.25) is 4.98 Å². The van der Waals surface area contributed by atoms with E-state index >= 15 is 0 Å². The summed E-state index contributed by atoms with van der Waals surface area (Å²) in [5.41, 5.74) is 1.18. The predicted octanol–water partition coefficient (Wildman–Crippen LogP) is 2.54. The van der Waals surface area contributed by atoms with E-state index in [0.717, 1.165) is 37.6 Å². The van der Waals surface area contributed by atoms with E-state index in [9.17, 15) is 0 Å². The highest BCUT2D eigenvalue weighted by atomic mass is 35.5. The molecule has 17 heavy (non-hydrogen) atoms. The molecule has 4 heteroatoms. The maximum atomic E-state index is 6.11. The number of nitrogens with zero attached hydrogens (tertiary/aromatic N) is 1. The standard InChI is InChI=1S/C13H21ClN2O/c1-3-11(9-16-6-7-17-2)8-12-4-5-15-10-13(12)14/h4-5,10-11,16H,3,6-9H2,1-2H3. The van der Waals surface area contributed by atoms with Crippen molar-refractivity contribution >= 4 is 11.6 Å². The highest BCUT2D eigenvalue weighted by Gasteiger charge is 2.09. The normalized spacial score (nSPS) is 12.6. The molecule has 1 aromatic rings. The molecule has 1 heterocycles. The van der Waals surface area contributed by atoms with E-state index in [1.807, 2.05) is 6.07 Å². The van der Waals surface area contributed by atoms with Crippen molar-refractivity contribution < 1.29 is 4.74 Å². The Bertz CT molecular complexity index is 320. The molecule has 1 aromatic heterocycles. The monoisotopic (exact) mass is 256 g/mol. The zero-order chi connectivity index (χ0) is 12.5. The van der Waals surface area contributed by atoms with Crippen LogP contribution in [0.3, 0.4) is 0 Å². The maximum absolute atomic E-state index is 6.11. The van der Waals surface area contributed by atoms with Crippen LogP contribution in [0.1, 0.15) is 18.9 Å². The summed E-state index contributed by atoms with van der Waals surface area (Å²) in [5.74, 6) is 0.603. The summed E-state index contributed by atoms with van der Waals surface area (Å²) >= 11 is 6.11. The molecule has 1 N–H and O–H groups in total. The molecule has 0 saturated carbocycles. The van der Waals surface area contributed by atoms with Gasteiger partial charge in [0.25, 0.3) is 0 Å². The number of pyridine rings is 1. The van der Waals surface area contributed by atoms with Crippen molar-refractivity contribution in [2.75, 3.05) is 26.8 Å². The fraction of sp³-hybridized carbons (Fsp3) is 0.615. The summed E-state index contributed by atoms with van der Waals surface area (Å²) in [4.78, 5) is 4.00. The predicted molar refractivity (Wildman–Crippen MR) is 71.5 cm³/mol. The summed E-state index contributed by atoms with van der Waals surface area (Å²) in [7, 11) is 1.72. The van der Waals surface area contributed by atoms with Crippen molar-refractivity contribution in [1.29, 1.82) is 0 Å². The van der Waals surface area contributed by atoms with Gasteiger partial charge in [-0.15, -0.1) is 0 Å². The van der Waals surface area contributed by atoms with E-state index in [-0.39, 0.29) is 0 Å². The Kier molecular flexibility index (Phi) is 7.17. The van der Waals surface area contributed by atoms with Gasteiger partial charge in [-0.25, -0.2) is 0 Å². The molecule has 0 spiro atoms. The van der Waals surface area contributed by atoms with E-state index in [1.54, 1.807) is 19.5 Å². The Labute approximate surface area is 109 Å². The number of halogens is 1. The molecular weight excluding hydrogens is 236 g/mol.